The molecule has 0 bridgehead atoms. The highest BCUT2D eigenvalue weighted by Gasteiger charge is 2.38. The largest absolute Gasteiger partial charge is 0.465 e. The van der Waals surface area contributed by atoms with Crippen molar-refractivity contribution in [3.8, 4) is 0 Å². The lowest BCUT2D eigenvalue weighted by Gasteiger charge is -2.30. The van der Waals surface area contributed by atoms with Crippen molar-refractivity contribution in [1.29, 1.82) is 0 Å². The number of amides is 1. The molecule has 2 rings (SSSR count). The molecule has 0 radical (unpaired) electrons. The summed E-state index contributed by atoms with van der Waals surface area (Å²) in [4.78, 5) is 14.5. The van der Waals surface area contributed by atoms with Crippen LogP contribution in [0.25, 0.3) is 6.08 Å². The molecule has 1 aliphatic rings. The monoisotopic (exact) mass is 293 g/mol. The van der Waals surface area contributed by atoms with E-state index in [9.17, 15) is 4.79 Å². The van der Waals surface area contributed by atoms with Crippen LogP contribution in [0.5, 0.6) is 0 Å². The summed E-state index contributed by atoms with van der Waals surface area (Å²) in [7, 11) is 0. The van der Waals surface area contributed by atoms with Gasteiger partial charge in [-0.15, -0.1) is 0 Å². The molecule has 0 N–H and O–H groups in total. The van der Waals surface area contributed by atoms with Crippen molar-refractivity contribution in [3.05, 3.63) is 41.2 Å². The van der Waals surface area contributed by atoms with E-state index in [0.29, 0.717) is 9.23 Å². The van der Waals surface area contributed by atoms with Gasteiger partial charge in [0.1, 0.15) is 10.1 Å². The van der Waals surface area contributed by atoms with Crippen LogP contribution in [0, 0.1) is 0 Å². The van der Waals surface area contributed by atoms with Gasteiger partial charge in [-0.05, 0) is 45.1 Å². The van der Waals surface area contributed by atoms with Crippen LogP contribution in [0.1, 0.15) is 26.5 Å². The van der Waals surface area contributed by atoms with Gasteiger partial charge < -0.3 is 4.42 Å². The number of hydrogen-bond acceptors (Lipinski definition) is 4. The van der Waals surface area contributed by atoms with Crippen LogP contribution in [0.15, 0.2) is 39.9 Å². The molecular weight excluding hydrogens is 278 g/mol. The quantitative estimate of drug-likeness (QED) is 0.613. The minimum absolute atomic E-state index is 0.0356. The Morgan fingerprint density at radius 1 is 1.42 bits per heavy atom. The van der Waals surface area contributed by atoms with Crippen LogP contribution >= 0.6 is 24.0 Å². The van der Waals surface area contributed by atoms with Crippen molar-refractivity contribution in [2.45, 2.75) is 26.3 Å². The first-order chi connectivity index (χ1) is 8.89. The second-order valence-electron chi connectivity index (χ2n) is 5.08. The minimum Gasteiger partial charge on any atom is -0.465 e. The zero-order valence-corrected chi connectivity index (χ0v) is 12.7. The number of allylic oxidation sites excluding steroid dienone is 2. The summed E-state index contributed by atoms with van der Waals surface area (Å²) in [6.07, 6.45) is 6.99. The van der Waals surface area contributed by atoms with Gasteiger partial charge in [-0.1, -0.05) is 30.1 Å². The summed E-state index contributed by atoms with van der Waals surface area (Å²) >= 11 is 6.59. The van der Waals surface area contributed by atoms with E-state index in [0.717, 1.165) is 5.76 Å². The Hall–Kier alpha value is -1.33. The van der Waals surface area contributed by atoms with Gasteiger partial charge in [-0.2, -0.15) is 0 Å². The predicted octanol–water partition coefficient (Wildman–Crippen LogP) is 3.84. The number of rotatable bonds is 2. The molecular formula is C14H15NO2S2. The van der Waals surface area contributed by atoms with Crippen LogP contribution in [0.4, 0.5) is 0 Å². The normalized spacial score (nSPS) is 19.1. The Bertz CT molecular complexity index is 551. The SMILES string of the molecule is CC(C)(C)N1C(=O)/C(=C\C=C\c2ccco2)SC1=S. The van der Waals surface area contributed by atoms with E-state index < -0.39 is 0 Å². The third-order valence-electron chi connectivity index (χ3n) is 2.52. The molecule has 1 saturated heterocycles. The van der Waals surface area contributed by atoms with E-state index in [1.165, 1.54) is 11.8 Å². The van der Waals surface area contributed by atoms with Crippen LogP contribution in [0.3, 0.4) is 0 Å². The lowest BCUT2D eigenvalue weighted by molar-refractivity contribution is -0.125. The number of hydrogen-bond donors (Lipinski definition) is 0. The zero-order chi connectivity index (χ0) is 14.0. The molecule has 0 atom stereocenters. The van der Waals surface area contributed by atoms with E-state index in [1.54, 1.807) is 23.3 Å². The van der Waals surface area contributed by atoms with Crippen molar-refractivity contribution in [2.24, 2.45) is 0 Å². The van der Waals surface area contributed by atoms with Gasteiger partial charge in [0.25, 0.3) is 5.91 Å². The van der Waals surface area contributed by atoms with Crippen molar-refractivity contribution in [2.75, 3.05) is 0 Å². The number of thiocarbonyl (C=S) groups is 1. The highest BCUT2D eigenvalue weighted by molar-refractivity contribution is 8.26. The molecule has 3 nitrogen and oxygen atoms in total. The molecule has 2 heterocycles. The van der Waals surface area contributed by atoms with Gasteiger partial charge in [0.05, 0.1) is 11.2 Å². The molecule has 1 amide bonds. The molecule has 5 heteroatoms. The lowest BCUT2D eigenvalue weighted by Crippen LogP contribution is -2.44. The third-order valence-corrected chi connectivity index (χ3v) is 3.84. The maximum absolute atomic E-state index is 12.2. The first-order valence-corrected chi connectivity index (χ1v) is 7.10. The zero-order valence-electron chi connectivity index (χ0n) is 11.0. The lowest BCUT2D eigenvalue weighted by atomic mass is 10.1. The summed E-state index contributed by atoms with van der Waals surface area (Å²) in [5, 5.41) is 0. The van der Waals surface area contributed by atoms with Crippen LogP contribution in [-0.4, -0.2) is 20.7 Å². The molecule has 100 valence electrons. The van der Waals surface area contributed by atoms with Crippen molar-refractivity contribution < 1.29 is 9.21 Å². The number of furan rings is 1. The van der Waals surface area contributed by atoms with Gasteiger partial charge >= 0.3 is 0 Å². The molecule has 19 heavy (non-hydrogen) atoms. The van der Waals surface area contributed by atoms with Gasteiger partial charge in [0.15, 0.2) is 0 Å². The Morgan fingerprint density at radius 3 is 2.68 bits per heavy atom. The summed E-state index contributed by atoms with van der Waals surface area (Å²) in [6, 6.07) is 3.67. The molecule has 1 aliphatic heterocycles. The molecule has 1 aromatic heterocycles. The number of nitrogens with zero attached hydrogens (tertiary/aromatic N) is 1. The van der Waals surface area contributed by atoms with Crippen molar-refractivity contribution >= 4 is 40.3 Å². The van der Waals surface area contributed by atoms with E-state index in [-0.39, 0.29) is 11.4 Å². The summed E-state index contributed by atoms with van der Waals surface area (Å²) in [5.74, 6) is 0.717. The van der Waals surface area contributed by atoms with Crippen molar-refractivity contribution in [3.63, 3.8) is 0 Å². The fourth-order valence-corrected chi connectivity index (χ4v) is 3.26. The summed E-state index contributed by atoms with van der Waals surface area (Å²) in [5.41, 5.74) is -0.290. The second-order valence-corrected chi connectivity index (χ2v) is 6.76. The molecule has 0 aromatic carbocycles. The fourth-order valence-electron chi connectivity index (χ4n) is 1.68. The van der Waals surface area contributed by atoms with E-state index in [2.05, 4.69) is 0 Å². The molecule has 0 aliphatic carbocycles. The van der Waals surface area contributed by atoms with E-state index >= 15 is 0 Å². The molecule has 1 fully saturated rings. The smallest absolute Gasteiger partial charge is 0.266 e. The average molecular weight is 293 g/mol. The number of thioether (sulfide) groups is 1. The summed E-state index contributed by atoms with van der Waals surface area (Å²) < 4.78 is 5.78. The van der Waals surface area contributed by atoms with Gasteiger partial charge in [-0.25, -0.2) is 0 Å². The Morgan fingerprint density at radius 2 is 2.16 bits per heavy atom. The molecule has 0 spiro atoms. The van der Waals surface area contributed by atoms with Gasteiger partial charge in [0, 0.05) is 5.54 Å². The topological polar surface area (TPSA) is 33.5 Å². The average Bonchev–Trinajstić information content (AvgIpc) is 2.87. The van der Waals surface area contributed by atoms with E-state index in [1.807, 2.05) is 39.0 Å². The van der Waals surface area contributed by atoms with Crippen molar-refractivity contribution in [1.82, 2.24) is 4.90 Å². The van der Waals surface area contributed by atoms with E-state index in [4.69, 9.17) is 16.6 Å². The number of carbonyl (C=O) groups is 1. The number of carbonyl (C=O) groups excluding carboxylic acids is 1. The van der Waals surface area contributed by atoms with Crippen LogP contribution in [-0.2, 0) is 4.79 Å². The second kappa shape index (κ2) is 5.35. The predicted molar refractivity (Wildman–Crippen MR) is 82.6 cm³/mol. The first-order valence-electron chi connectivity index (χ1n) is 5.88. The van der Waals surface area contributed by atoms with Gasteiger partial charge in [-0.3, -0.25) is 9.69 Å². The highest BCUT2D eigenvalue weighted by Crippen LogP contribution is 2.35. The third kappa shape index (κ3) is 3.16. The van der Waals surface area contributed by atoms with Crippen LogP contribution in [0.2, 0.25) is 0 Å². The highest BCUT2D eigenvalue weighted by atomic mass is 32.2. The Balaban J connectivity index is 2.15. The maximum Gasteiger partial charge on any atom is 0.266 e. The maximum atomic E-state index is 12.2. The standard InChI is InChI=1S/C14H15NO2S2/c1-14(2,3)15-12(16)11(19-13(15)18)8-4-6-10-7-5-9-17-10/h4-9H,1-3H3/b6-4+,11-8+. The van der Waals surface area contributed by atoms with Crippen LogP contribution < -0.4 is 0 Å². The Kier molecular flexibility index (Phi) is 3.96. The van der Waals surface area contributed by atoms with Gasteiger partial charge in [0.2, 0.25) is 0 Å². The Labute approximate surface area is 122 Å². The molecule has 1 aromatic rings. The minimum atomic E-state index is -0.290. The first kappa shape index (κ1) is 14.1. The molecule has 0 unspecified atom stereocenters. The molecule has 0 saturated carbocycles. The fraction of sp³-hybridized carbons (Fsp3) is 0.286. The summed E-state index contributed by atoms with van der Waals surface area (Å²) in [6.45, 7) is 5.91.